The van der Waals surface area contributed by atoms with E-state index in [0.717, 1.165) is 0 Å². The number of hydrogen-bond acceptors (Lipinski definition) is 3. The molecule has 0 radical (unpaired) electrons. The summed E-state index contributed by atoms with van der Waals surface area (Å²) in [5.41, 5.74) is 0. The van der Waals surface area contributed by atoms with Crippen LogP contribution < -0.4 is 10.6 Å². The summed E-state index contributed by atoms with van der Waals surface area (Å²) in [7, 11) is 4.06. The minimum Gasteiger partial charge on any atom is -0.480 e. The first kappa shape index (κ1) is 11.3. The van der Waals surface area contributed by atoms with E-state index in [2.05, 4.69) is 19.9 Å². The van der Waals surface area contributed by atoms with Crippen molar-refractivity contribution in [2.24, 2.45) is 0 Å². The highest BCUT2D eigenvalue weighted by Crippen LogP contribution is 1.89. The molecule has 0 rings (SSSR count). The molecule has 0 heterocycles. The van der Waals surface area contributed by atoms with Gasteiger partial charge >= 0.3 is 5.97 Å². The van der Waals surface area contributed by atoms with Crippen molar-refractivity contribution < 1.29 is 14.7 Å². The summed E-state index contributed by atoms with van der Waals surface area (Å²) in [6.45, 7) is -0.332. The molecule has 0 aliphatic heterocycles. The Labute approximate surface area is 73.1 Å². The zero-order chi connectivity index (χ0) is 9.56. The first-order valence-electron chi connectivity index (χ1n) is 3.48. The molecule has 0 aliphatic rings. The van der Waals surface area contributed by atoms with Crippen LogP contribution in [-0.2, 0) is 9.59 Å². The molecule has 0 aliphatic carbocycles. The third-order valence-electron chi connectivity index (χ3n) is 1.31. The van der Waals surface area contributed by atoms with Crippen LogP contribution in [0.4, 0.5) is 0 Å². The third-order valence-corrected chi connectivity index (χ3v) is 1.79. The summed E-state index contributed by atoms with van der Waals surface area (Å²) in [5.74, 6) is -1.34. The molecule has 0 fully saturated rings. The Kier molecular flexibility index (Phi) is 5.58. The largest absolute Gasteiger partial charge is 0.480 e. The molecule has 0 saturated carbocycles. The minimum absolute atomic E-state index is 0.296. The van der Waals surface area contributed by atoms with Crippen molar-refractivity contribution in [1.82, 2.24) is 10.6 Å². The lowest BCUT2D eigenvalue weighted by Gasteiger charge is -2.11. The van der Waals surface area contributed by atoms with Gasteiger partial charge in [-0.15, -0.1) is 9.24 Å². The summed E-state index contributed by atoms with van der Waals surface area (Å²) in [6.07, 6.45) is 0.557. The SMILES string of the molecule is CNC(CP)C(=O)NCC(=O)O. The topological polar surface area (TPSA) is 78.4 Å². The van der Waals surface area contributed by atoms with E-state index >= 15 is 0 Å². The van der Waals surface area contributed by atoms with Gasteiger partial charge in [-0.05, 0) is 13.2 Å². The van der Waals surface area contributed by atoms with Crippen molar-refractivity contribution >= 4 is 21.1 Å². The van der Waals surface area contributed by atoms with Crippen LogP contribution in [0.5, 0.6) is 0 Å². The molecular weight excluding hydrogens is 179 g/mol. The summed E-state index contributed by atoms with van der Waals surface area (Å²) in [5, 5.41) is 13.3. The number of carbonyl (C=O) groups is 2. The van der Waals surface area contributed by atoms with E-state index in [9.17, 15) is 9.59 Å². The van der Waals surface area contributed by atoms with Gasteiger partial charge in [0.15, 0.2) is 0 Å². The van der Waals surface area contributed by atoms with E-state index in [0.29, 0.717) is 6.16 Å². The maximum atomic E-state index is 11.1. The van der Waals surface area contributed by atoms with Crippen LogP contribution in [0.25, 0.3) is 0 Å². The van der Waals surface area contributed by atoms with Gasteiger partial charge in [0.05, 0.1) is 6.04 Å². The summed E-state index contributed by atoms with van der Waals surface area (Å²) >= 11 is 0. The Morgan fingerprint density at radius 2 is 2.17 bits per heavy atom. The van der Waals surface area contributed by atoms with E-state index in [1.807, 2.05) is 0 Å². The van der Waals surface area contributed by atoms with Crippen LogP contribution in [0.2, 0.25) is 0 Å². The second kappa shape index (κ2) is 5.91. The van der Waals surface area contributed by atoms with Crippen LogP contribution in [-0.4, -0.2) is 42.8 Å². The lowest BCUT2D eigenvalue weighted by Crippen LogP contribution is -2.45. The molecule has 70 valence electrons. The second-order valence-corrected chi connectivity index (χ2v) is 2.66. The van der Waals surface area contributed by atoms with Gasteiger partial charge in [-0.25, -0.2) is 0 Å². The highest BCUT2D eigenvalue weighted by Gasteiger charge is 2.13. The van der Waals surface area contributed by atoms with Crippen molar-refractivity contribution in [3.05, 3.63) is 0 Å². The molecule has 0 aromatic rings. The van der Waals surface area contributed by atoms with Gasteiger partial charge in [0, 0.05) is 0 Å². The van der Waals surface area contributed by atoms with Gasteiger partial charge < -0.3 is 15.7 Å². The standard InChI is InChI=1S/C6H13N2O3P/c1-7-4(3-12)6(11)8-2-5(9)10/h4,7H,2-3,12H2,1H3,(H,8,11)(H,9,10). The molecular formula is C6H13N2O3P. The number of hydrogen-bond donors (Lipinski definition) is 3. The number of carboxylic acid groups (broad SMARTS) is 1. The maximum Gasteiger partial charge on any atom is 0.322 e. The molecule has 6 heteroatoms. The molecule has 0 saturated heterocycles. The van der Waals surface area contributed by atoms with E-state index in [4.69, 9.17) is 5.11 Å². The first-order valence-corrected chi connectivity index (χ1v) is 4.30. The fourth-order valence-corrected chi connectivity index (χ4v) is 1.09. The smallest absolute Gasteiger partial charge is 0.322 e. The summed E-state index contributed by atoms with van der Waals surface area (Å²) in [4.78, 5) is 21.1. The fraction of sp³-hybridized carbons (Fsp3) is 0.667. The zero-order valence-electron chi connectivity index (χ0n) is 6.83. The van der Waals surface area contributed by atoms with Crippen LogP contribution in [0.3, 0.4) is 0 Å². The van der Waals surface area contributed by atoms with E-state index in [1.54, 1.807) is 7.05 Å². The van der Waals surface area contributed by atoms with Crippen LogP contribution >= 0.6 is 9.24 Å². The maximum absolute atomic E-state index is 11.1. The lowest BCUT2D eigenvalue weighted by molar-refractivity contribution is -0.138. The molecule has 5 nitrogen and oxygen atoms in total. The summed E-state index contributed by atoms with van der Waals surface area (Å²) in [6, 6.07) is -0.339. The third kappa shape index (κ3) is 4.26. The number of rotatable bonds is 5. The molecule has 12 heavy (non-hydrogen) atoms. The Morgan fingerprint density at radius 1 is 1.58 bits per heavy atom. The highest BCUT2D eigenvalue weighted by atomic mass is 31.0. The fourth-order valence-electron chi connectivity index (χ4n) is 0.642. The predicted octanol–water partition coefficient (Wildman–Crippen LogP) is -1.35. The number of carbonyl (C=O) groups excluding carboxylic acids is 1. The Morgan fingerprint density at radius 3 is 2.50 bits per heavy atom. The first-order chi connectivity index (χ1) is 5.61. The molecule has 0 aromatic carbocycles. The van der Waals surface area contributed by atoms with E-state index in [1.165, 1.54) is 0 Å². The zero-order valence-corrected chi connectivity index (χ0v) is 7.99. The number of aliphatic carboxylic acids is 1. The number of likely N-dealkylation sites (N-methyl/N-ethyl adjacent to an activating group) is 1. The number of nitrogens with one attached hydrogen (secondary N) is 2. The van der Waals surface area contributed by atoms with Crippen molar-refractivity contribution in [2.45, 2.75) is 6.04 Å². The van der Waals surface area contributed by atoms with Crippen molar-refractivity contribution in [3.63, 3.8) is 0 Å². The monoisotopic (exact) mass is 192 g/mol. The second-order valence-electron chi connectivity index (χ2n) is 2.19. The van der Waals surface area contributed by atoms with Gasteiger partial charge in [0.1, 0.15) is 6.54 Å². The Hall–Kier alpha value is -0.670. The lowest BCUT2D eigenvalue weighted by atomic mass is 10.3. The molecule has 0 bridgehead atoms. The van der Waals surface area contributed by atoms with Crippen molar-refractivity contribution in [1.29, 1.82) is 0 Å². The average molecular weight is 192 g/mol. The molecule has 2 unspecified atom stereocenters. The highest BCUT2D eigenvalue weighted by molar-refractivity contribution is 7.16. The van der Waals surface area contributed by atoms with E-state index in [-0.39, 0.29) is 18.5 Å². The van der Waals surface area contributed by atoms with Gasteiger partial charge in [0.25, 0.3) is 0 Å². The molecule has 3 N–H and O–H groups in total. The molecule has 0 spiro atoms. The molecule has 0 aromatic heterocycles. The quantitative estimate of drug-likeness (QED) is 0.470. The van der Waals surface area contributed by atoms with Crippen LogP contribution in [0.15, 0.2) is 0 Å². The van der Waals surface area contributed by atoms with Crippen LogP contribution in [0, 0.1) is 0 Å². The van der Waals surface area contributed by atoms with E-state index < -0.39 is 5.97 Å². The van der Waals surface area contributed by atoms with Gasteiger partial charge in [0.2, 0.25) is 5.91 Å². The average Bonchev–Trinajstić information content (AvgIpc) is 2.03. The molecule has 1 amide bonds. The van der Waals surface area contributed by atoms with Crippen molar-refractivity contribution in [3.8, 4) is 0 Å². The Balaban J connectivity index is 3.77. The predicted molar refractivity (Wildman–Crippen MR) is 48.1 cm³/mol. The Bertz CT molecular complexity index is 170. The van der Waals surface area contributed by atoms with Crippen molar-refractivity contribution in [2.75, 3.05) is 19.8 Å². The van der Waals surface area contributed by atoms with Gasteiger partial charge in [-0.3, -0.25) is 9.59 Å². The normalized spacial score (nSPS) is 12.2. The van der Waals surface area contributed by atoms with Gasteiger partial charge in [-0.1, -0.05) is 0 Å². The minimum atomic E-state index is -1.04. The van der Waals surface area contributed by atoms with Crippen LogP contribution in [0.1, 0.15) is 0 Å². The summed E-state index contributed by atoms with van der Waals surface area (Å²) < 4.78 is 0. The number of amides is 1. The number of carboxylic acids is 1. The molecule has 2 atom stereocenters. The van der Waals surface area contributed by atoms with Gasteiger partial charge in [-0.2, -0.15) is 0 Å².